The molecule has 1 atom stereocenters. The average Bonchev–Trinajstić information content (AvgIpc) is 3.45. The van der Waals surface area contributed by atoms with Gasteiger partial charge >= 0.3 is 0 Å². The van der Waals surface area contributed by atoms with Crippen molar-refractivity contribution in [2.24, 2.45) is 0 Å². The summed E-state index contributed by atoms with van der Waals surface area (Å²) >= 11 is 0. The SMILES string of the molecule is O=C(NC1CCc2cccnc21)c1cnn(-c2ccc3cc4ccccc4nc3c2)c1. The molecule has 0 spiro atoms. The lowest BCUT2D eigenvalue weighted by Gasteiger charge is -2.12. The molecular weight excluding hydrogens is 386 g/mol. The number of hydrogen-bond acceptors (Lipinski definition) is 4. The second-order valence-corrected chi connectivity index (χ2v) is 7.84. The lowest BCUT2D eigenvalue weighted by molar-refractivity contribution is 0.0936. The second-order valence-electron chi connectivity index (χ2n) is 7.84. The summed E-state index contributed by atoms with van der Waals surface area (Å²) in [4.78, 5) is 22.0. The van der Waals surface area contributed by atoms with E-state index in [-0.39, 0.29) is 11.9 Å². The zero-order valence-corrected chi connectivity index (χ0v) is 16.7. The molecule has 6 rings (SSSR count). The fourth-order valence-corrected chi connectivity index (χ4v) is 4.28. The fraction of sp³-hybridized carbons (Fsp3) is 0.120. The Bertz CT molecular complexity index is 1460. The molecule has 1 amide bonds. The average molecular weight is 405 g/mol. The number of amides is 1. The molecule has 0 radical (unpaired) electrons. The first-order valence-electron chi connectivity index (χ1n) is 10.3. The van der Waals surface area contributed by atoms with Gasteiger partial charge in [0.2, 0.25) is 0 Å². The Kier molecular flexibility index (Phi) is 4.02. The van der Waals surface area contributed by atoms with Crippen molar-refractivity contribution in [1.29, 1.82) is 0 Å². The van der Waals surface area contributed by atoms with Crippen LogP contribution in [0.1, 0.15) is 34.1 Å². The van der Waals surface area contributed by atoms with E-state index in [1.54, 1.807) is 23.3 Å². The van der Waals surface area contributed by atoms with Crippen molar-refractivity contribution in [2.45, 2.75) is 18.9 Å². The van der Waals surface area contributed by atoms with Crippen LogP contribution in [0, 0.1) is 0 Å². The van der Waals surface area contributed by atoms with Crippen molar-refractivity contribution in [3.05, 3.63) is 96.1 Å². The number of benzene rings is 2. The van der Waals surface area contributed by atoms with E-state index in [1.807, 2.05) is 42.5 Å². The van der Waals surface area contributed by atoms with E-state index < -0.39 is 0 Å². The van der Waals surface area contributed by atoms with Crippen molar-refractivity contribution in [1.82, 2.24) is 25.1 Å². The highest BCUT2D eigenvalue weighted by atomic mass is 16.1. The molecule has 0 aliphatic heterocycles. The van der Waals surface area contributed by atoms with Gasteiger partial charge in [0, 0.05) is 23.2 Å². The molecule has 31 heavy (non-hydrogen) atoms. The summed E-state index contributed by atoms with van der Waals surface area (Å²) < 4.78 is 1.71. The van der Waals surface area contributed by atoms with E-state index in [2.05, 4.69) is 33.6 Å². The van der Waals surface area contributed by atoms with Gasteiger partial charge in [-0.2, -0.15) is 5.10 Å². The Morgan fingerprint density at radius 1 is 1.00 bits per heavy atom. The van der Waals surface area contributed by atoms with E-state index in [9.17, 15) is 4.79 Å². The number of para-hydroxylation sites is 1. The third kappa shape index (κ3) is 3.13. The molecule has 0 bridgehead atoms. The van der Waals surface area contributed by atoms with Crippen LogP contribution in [-0.4, -0.2) is 25.7 Å². The highest BCUT2D eigenvalue weighted by Gasteiger charge is 2.25. The predicted octanol–water partition coefficient (Wildman–Crippen LogP) is 4.39. The Labute approximate surface area is 178 Å². The number of carbonyl (C=O) groups excluding carboxylic acids is 1. The minimum atomic E-state index is -0.139. The van der Waals surface area contributed by atoms with Gasteiger partial charge in [0.15, 0.2) is 0 Å². The van der Waals surface area contributed by atoms with Gasteiger partial charge < -0.3 is 5.32 Å². The Hall–Kier alpha value is -4.06. The summed E-state index contributed by atoms with van der Waals surface area (Å²) in [5, 5.41) is 9.69. The zero-order chi connectivity index (χ0) is 20.8. The molecule has 1 aliphatic carbocycles. The number of nitrogens with zero attached hydrogens (tertiary/aromatic N) is 4. The second kappa shape index (κ2) is 7.02. The molecule has 2 aromatic carbocycles. The van der Waals surface area contributed by atoms with Gasteiger partial charge in [-0.05, 0) is 48.7 Å². The van der Waals surface area contributed by atoms with Crippen molar-refractivity contribution in [3.8, 4) is 5.69 Å². The van der Waals surface area contributed by atoms with Gasteiger partial charge in [-0.25, -0.2) is 9.67 Å². The molecule has 6 nitrogen and oxygen atoms in total. The smallest absolute Gasteiger partial charge is 0.255 e. The number of nitrogens with one attached hydrogen (secondary N) is 1. The van der Waals surface area contributed by atoms with Gasteiger partial charge in [0.05, 0.1) is 40.2 Å². The summed E-state index contributed by atoms with van der Waals surface area (Å²) in [5.74, 6) is -0.139. The van der Waals surface area contributed by atoms with Crippen molar-refractivity contribution in [3.63, 3.8) is 0 Å². The maximum atomic E-state index is 12.8. The summed E-state index contributed by atoms with van der Waals surface area (Å²) in [7, 11) is 0. The molecule has 0 saturated carbocycles. The van der Waals surface area contributed by atoms with Gasteiger partial charge in [-0.1, -0.05) is 30.3 Å². The summed E-state index contributed by atoms with van der Waals surface area (Å²) in [6, 6.07) is 20.2. The molecule has 3 aromatic heterocycles. The van der Waals surface area contributed by atoms with E-state index in [4.69, 9.17) is 4.98 Å². The summed E-state index contributed by atoms with van der Waals surface area (Å²) in [6.07, 6.45) is 6.94. The van der Waals surface area contributed by atoms with Gasteiger partial charge in [-0.3, -0.25) is 9.78 Å². The van der Waals surface area contributed by atoms with E-state index in [0.717, 1.165) is 46.0 Å². The van der Waals surface area contributed by atoms with Crippen LogP contribution in [0.3, 0.4) is 0 Å². The Morgan fingerprint density at radius 3 is 2.87 bits per heavy atom. The van der Waals surface area contributed by atoms with Crippen LogP contribution in [0.4, 0.5) is 0 Å². The number of aryl methyl sites for hydroxylation is 1. The first-order chi connectivity index (χ1) is 15.2. The number of fused-ring (bicyclic) bond motifs is 3. The van der Waals surface area contributed by atoms with Crippen molar-refractivity contribution < 1.29 is 4.79 Å². The van der Waals surface area contributed by atoms with Crippen LogP contribution in [0.5, 0.6) is 0 Å². The number of pyridine rings is 2. The first kappa shape index (κ1) is 17.8. The predicted molar refractivity (Wildman–Crippen MR) is 119 cm³/mol. The quantitative estimate of drug-likeness (QED) is 0.452. The molecule has 0 saturated heterocycles. The van der Waals surface area contributed by atoms with Crippen LogP contribution in [0.25, 0.3) is 27.5 Å². The van der Waals surface area contributed by atoms with E-state index in [1.165, 1.54) is 5.56 Å². The molecule has 150 valence electrons. The normalized spacial score (nSPS) is 15.3. The molecule has 1 aliphatic rings. The summed E-state index contributed by atoms with van der Waals surface area (Å²) in [5.41, 5.74) is 5.42. The maximum Gasteiger partial charge on any atom is 0.255 e. The minimum Gasteiger partial charge on any atom is -0.344 e. The third-order valence-corrected chi connectivity index (χ3v) is 5.88. The van der Waals surface area contributed by atoms with Crippen LogP contribution in [0.15, 0.2) is 79.3 Å². The van der Waals surface area contributed by atoms with Crippen molar-refractivity contribution >= 4 is 27.7 Å². The molecule has 1 N–H and O–H groups in total. The number of carbonyl (C=O) groups is 1. The van der Waals surface area contributed by atoms with E-state index in [0.29, 0.717) is 5.56 Å². The maximum absolute atomic E-state index is 12.8. The standard InChI is InChI=1S/C25H19N5O/c31-25(29-22-10-8-16-5-3-11-26-24(16)22)19-14-27-30(15-19)20-9-7-18-12-17-4-1-2-6-21(17)28-23(18)13-20/h1-7,9,11-15,22H,8,10H2,(H,29,31). The van der Waals surface area contributed by atoms with Crippen LogP contribution in [0.2, 0.25) is 0 Å². The third-order valence-electron chi connectivity index (χ3n) is 5.88. The van der Waals surface area contributed by atoms with Gasteiger partial charge in [0.1, 0.15) is 0 Å². The zero-order valence-electron chi connectivity index (χ0n) is 16.7. The van der Waals surface area contributed by atoms with Crippen molar-refractivity contribution in [2.75, 3.05) is 0 Å². The molecule has 0 fully saturated rings. The molecular formula is C25H19N5O. The fourth-order valence-electron chi connectivity index (χ4n) is 4.28. The van der Waals surface area contributed by atoms with Crippen LogP contribution < -0.4 is 5.32 Å². The Morgan fingerprint density at radius 2 is 1.90 bits per heavy atom. The largest absolute Gasteiger partial charge is 0.344 e. The Balaban J connectivity index is 1.27. The molecule has 5 aromatic rings. The molecule has 1 unspecified atom stereocenters. The minimum absolute atomic E-state index is 0.0507. The topological polar surface area (TPSA) is 72.7 Å². The highest BCUT2D eigenvalue weighted by Crippen LogP contribution is 2.29. The van der Waals surface area contributed by atoms with E-state index >= 15 is 0 Å². The molecule has 6 heteroatoms. The number of rotatable bonds is 3. The highest BCUT2D eigenvalue weighted by molar-refractivity contribution is 5.95. The molecule has 3 heterocycles. The number of aromatic nitrogens is 4. The van der Waals surface area contributed by atoms with Crippen LogP contribution >= 0.6 is 0 Å². The van der Waals surface area contributed by atoms with Gasteiger partial charge in [0.25, 0.3) is 5.91 Å². The monoisotopic (exact) mass is 405 g/mol. The lowest BCUT2D eigenvalue weighted by Crippen LogP contribution is -2.27. The number of hydrogen-bond donors (Lipinski definition) is 1. The lowest BCUT2D eigenvalue weighted by atomic mass is 10.1. The first-order valence-corrected chi connectivity index (χ1v) is 10.3. The summed E-state index contributed by atoms with van der Waals surface area (Å²) in [6.45, 7) is 0. The van der Waals surface area contributed by atoms with Gasteiger partial charge in [-0.15, -0.1) is 0 Å². The van der Waals surface area contributed by atoms with Crippen LogP contribution in [-0.2, 0) is 6.42 Å².